The van der Waals surface area contributed by atoms with E-state index in [0.29, 0.717) is 12.1 Å². The van der Waals surface area contributed by atoms with Crippen molar-refractivity contribution in [3.63, 3.8) is 0 Å². The highest BCUT2D eigenvalue weighted by atomic mass is 15.3. The number of fused-ring (bicyclic) bond motifs is 5. The van der Waals surface area contributed by atoms with Crippen molar-refractivity contribution in [2.75, 3.05) is 0 Å². The Labute approximate surface area is 137 Å². The first-order valence-corrected chi connectivity index (χ1v) is 8.65. The van der Waals surface area contributed by atoms with E-state index in [1.54, 1.807) is 0 Å². The van der Waals surface area contributed by atoms with E-state index in [0.717, 1.165) is 0 Å². The van der Waals surface area contributed by atoms with Gasteiger partial charge in [-0.25, -0.2) is 0 Å². The van der Waals surface area contributed by atoms with Gasteiger partial charge in [0.1, 0.15) is 5.84 Å². The van der Waals surface area contributed by atoms with Crippen molar-refractivity contribution >= 4 is 17.6 Å². The summed E-state index contributed by atoms with van der Waals surface area (Å²) in [6.45, 7) is 0. The van der Waals surface area contributed by atoms with Crippen LogP contribution in [0.2, 0.25) is 0 Å². The van der Waals surface area contributed by atoms with Crippen LogP contribution in [-0.4, -0.2) is 22.8 Å². The molecule has 0 amide bonds. The Bertz CT molecular complexity index is 804. The highest BCUT2D eigenvalue weighted by Gasteiger charge is 2.41. The van der Waals surface area contributed by atoms with E-state index < -0.39 is 0 Å². The topological polar surface area (TPSA) is 15.6 Å². The predicted molar refractivity (Wildman–Crippen MR) is 95.2 cm³/mol. The normalized spacial score (nSPS) is 25.1. The number of nitrogens with zero attached hydrogens (tertiary/aromatic N) is 2. The zero-order valence-electron chi connectivity index (χ0n) is 13.2. The molecule has 2 heteroatoms. The molecule has 2 aromatic rings. The molecule has 3 aliphatic rings. The first-order chi connectivity index (χ1) is 11.4. The second kappa shape index (κ2) is 5.09. The lowest BCUT2D eigenvalue weighted by molar-refractivity contribution is 0.303. The Morgan fingerprint density at radius 1 is 0.870 bits per heavy atom. The molecule has 2 heterocycles. The van der Waals surface area contributed by atoms with Gasteiger partial charge >= 0.3 is 0 Å². The average Bonchev–Trinajstić information content (AvgIpc) is 3.02. The first-order valence-electron chi connectivity index (χ1n) is 8.65. The molecule has 2 nitrogen and oxygen atoms in total. The fraction of sp³-hybridized carbons (Fsp3) is 0.286. The summed E-state index contributed by atoms with van der Waals surface area (Å²) in [4.78, 5) is 7.68. The van der Waals surface area contributed by atoms with Crippen LogP contribution < -0.4 is 0 Å². The second-order valence-electron chi connectivity index (χ2n) is 6.72. The minimum Gasteiger partial charge on any atom is -0.320 e. The molecule has 0 unspecified atom stereocenters. The number of aliphatic imine (C=N–C) groups is 1. The number of hydrogen-bond acceptors (Lipinski definition) is 2. The van der Waals surface area contributed by atoms with E-state index in [4.69, 9.17) is 4.99 Å². The number of amidine groups is 1. The molecular weight excluding hydrogens is 280 g/mol. The molecule has 2 aliphatic heterocycles. The lowest BCUT2D eigenvalue weighted by atomic mass is 9.89. The van der Waals surface area contributed by atoms with E-state index in [1.807, 2.05) is 0 Å². The molecular formula is C21H20N2. The summed E-state index contributed by atoms with van der Waals surface area (Å²) in [7, 11) is 0. The molecule has 1 saturated carbocycles. The van der Waals surface area contributed by atoms with Gasteiger partial charge in [0.15, 0.2) is 0 Å². The second-order valence-corrected chi connectivity index (χ2v) is 6.72. The fourth-order valence-corrected chi connectivity index (χ4v) is 4.29. The van der Waals surface area contributed by atoms with Crippen LogP contribution in [0.5, 0.6) is 0 Å². The van der Waals surface area contributed by atoms with Gasteiger partial charge in [-0.15, -0.1) is 0 Å². The van der Waals surface area contributed by atoms with Gasteiger partial charge < -0.3 is 4.90 Å². The SMILES string of the molecule is C1=C(c2ccccc2)N2C(=N[C@@H]3CCCC[C@@H]32)c2ccccc21. The van der Waals surface area contributed by atoms with Crippen molar-refractivity contribution in [2.24, 2.45) is 4.99 Å². The molecule has 1 fully saturated rings. The van der Waals surface area contributed by atoms with E-state index in [-0.39, 0.29) is 0 Å². The molecule has 1 aliphatic carbocycles. The fourth-order valence-electron chi connectivity index (χ4n) is 4.29. The van der Waals surface area contributed by atoms with E-state index in [9.17, 15) is 0 Å². The molecule has 0 aromatic heterocycles. The van der Waals surface area contributed by atoms with Crippen LogP contribution in [0.4, 0.5) is 0 Å². The number of benzene rings is 2. The Morgan fingerprint density at radius 3 is 2.57 bits per heavy atom. The van der Waals surface area contributed by atoms with Crippen LogP contribution >= 0.6 is 0 Å². The monoisotopic (exact) mass is 300 g/mol. The van der Waals surface area contributed by atoms with Gasteiger partial charge in [0.05, 0.1) is 17.8 Å². The third-order valence-corrected chi connectivity index (χ3v) is 5.36. The summed E-state index contributed by atoms with van der Waals surface area (Å²) in [6.07, 6.45) is 7.47. The summed E-state index contributed by atoms with van der Waals surface area (Å²) in [6, 6.07) is 20.5. The lowest BCUT2D eigenvalue weighted by Crippen LogP contribution is -2.41. The van der Waals surface area contributed by atoms with Crippen LogP contribution in [0, 0.1) is 0 Å². The van der Waals surface area contributed by atoms with Crippen molar-refractivity contribution in [1.82, 2.24) is 4.90 Å². The molecule has 2 atom stereocenters. The van der Waals surface area contributed by atoms with Crippen LogP contribution in [-0.2, 0) is 0 Å². The summed E-state index contributed by atoms with van der Waals surface area (Å²) in [5.41, 5.74) is 5.19. The molecule has 0 spiro atoms. The Hall–Kier alpha value is -2.35. The highest BCUT2D eigenvalue weighted by molar-refractivity contribution is 6.12. The van der Waals surface area contributed by atoms with Crippen molar-refractivity contribution in [1.29, 1.82) is 0 Å². The quantitative estimate of drug-likeness (QED) is 0.753. The van der Waals surface area contributed by atoms with E-state index in [2.05, 4.69) is 65.6 Å². The van der Waals surface area contributed by atoms with Gasteiger partial charge in [-0.05, 0) is 30.0 Å². The maximum atomic E-state index is 5.15. The molecule has 0 N–H and O–H groups in total. The van der Waals surface area contributed by atoms with Gasteiger partial charge in [-0.1, -0.05) is 67.4 Å². The zero-order chi connectivity index (χ0) is 15.2. The summed E-state index contributed by atoms with van der Waals surface area (Å²) in [5, 5.41) is 0. The molecule has 0 saturated heterocycles. The van der Waals surface area contributed by atoms with Crippen molar-refractivity contribution in [3.05, 3.63) is 71.3 Å². The van der Waals surface area contributed by atoms with E-state index in [1.165, 1.54) is 53.9 Å². The minimum absolute atomic E-state index is 0.469. The van der Waals surface area contributed by atoms with Crippen molar-refractivity contribution in [3.8, 4) is 0 Å². The third kappa shape index (κ3) is 1.98. The lowest BCUT2D eigenvalue weighted by Gasteiger charge is -2.37. The average molecular weight is 300 g/mol. The van der Waals surface area contributed by atoms with Gasteiger partial charge in [-0.3, -0.25) is 4.99 Å². The Morgan fingerprint density at radius 2 is 1.65 bits per heavy atom. The molecule has 5 rings (SSSR count). The van der Waals surface area contributed by atoms with Crippen LogP contribution in [0.15, 0.2) is 59.6 Å². The van der Waals surface area contributed by atoms with E-state index >= 15 is 0 Å². The molecule has 0 radical (unpaired) electrons. The number of hydrogen-bond donors (Lipinski definition) is 0. The van der Waals surface area contributed by atoms with Gasteiger partial charge in [0.2, 0.25) is 0 Å². The largest absolute Gasteiger partial charge is 0.320 e. The smallest absolute Gasteiger partial charge is 0.136 e. The Kier molecular flexibility index (Phi) is 2.90. The first kappa shape index (κ1) is 13.1. The van der Waals surface area contributed by atoms with Gasteiger partial charge in [-0.2, -0.15) is 0 Å². The molecule has 2 aromatic carbocycles. The van der Waals surface area contributed by atoms with Crippen LogP contribution in [0.3, 0.4) is 0 Å². The molecule has 114 valence electrons. The summed E-state index contributed by atoms with van der Waals surface area (Å²) < 4.78 is 0. The predicted octanol–water partition coefficient (Wildman–Crippen LogP) is 4.57. The molecule has 23 heavy (non-hydrogen) atoms. The van der Waals surface area contributed by atoms with Crippen LogP contribution in [0.25, 0.3) is 11.8 Å². The van der Waals surface area contributed by atoms with Crippen LogP contribution in [0.1, 0.15) is 42.4 Å². The Balaban J connectivity index is 1.71. The maximum Gasteiger partial charge on any atom is 0.136 e. The maximum absolute atomic E-state index is 5.15. The highest BCUT2D eigenvalue weighted by Crippen LogP contribution is 2.41. The summed E-state index contributed by atoms with van der Waals surface area (Å²) >= 11 is 0. The third-order valence-electron chi connectivity index (χ3n) is 5.36. The summed E-state index contributed by atoms with van der Waals surface area (Å²) in [5.74, 6) is 1.19. The zero-order valence-corrected chi connectivity index (χ0v) is 13.2. The van der Waals surface area contributed by atoms with Crippen molar-refractivity contribution in [2.45, 2.75) is 37.8 Å². The number of rotatable bonds is 1. The standard InChI is InChI=1S/C21H20N2/c1-2-8-15(9-3-1)20-14-16-10-4-5-11-17(16)21-22-18-12-6-7-13-19(18)23(20)21/h1-5,8-11,14,18-19H,6-7,12-13H2/t18-,19+/m1/s1. The minimum atomic E-state index is 0.469. The molecule has 0 bridgehead atoms. The van der Waals surface area contributed by atoms with Gasteiger partial charge in [0.25, 0.3) is 0 Å². The van der Waals surface area contributed by atoms with Crippen molar-refractivity contribution < 1.29 is 0 Å². The van der Waals surface area contributed by atoms with Gasteiger partial charge in [0, 0.05) is 5.56 Å².